The molecule has 5 rings (SSSR count). The Morgan fingerprint density at radius 1 is 1.03 bits per heavy atom. The zero-order valence-electron chi connectivity index (χ0n) is 17.0. The minimum Gasteiger partial charge on any atom is -0.298 e. The van der Waals surface area contributed by atoms with Crippen LogP contribution in [0.25, 0.3) is 0 Å². The number of thiophene rings is 1. The number of piperazine rings is 1. The van der Waals surface area contributed by atoms with Gasteiger partial charge in [-0.05, 0) is 52.4 Å². The highest BCUT2D eigenvalue weighted by atomic mass is 35.5. The van der Waals surface area contributed by atoms with E-state index >= 15 is 0 Å². The summed E-state index contributed by atoms with van der Waals surface area (Å²) in [5.41, 5.74) is 1.19. The average Bonchev–Trinajstić information content (AvgIpc) is 3.54. The standard InChI is InChI=1S/C22H27ClN6S/c23-18-9-7-17(8-10-18)21(22-24-25-26-29(22)16-20-6-3-15-30-20)28-13-11-27(12-14-28)19-4-1-2-5-19/h3,6-10,15,19,21H,1-2,4-5,11-14,16H2. The molecule has 1 aliphatic carbocycles. The van der Waals surface area contributed by atoms with Gasteiger partial charge in [0.2, 0.25) is 0 Å². The number of hydrogen-bond donors (Lipinski definition) is 0. The third kappa shape index (κ3) is 4.30. The van der Waals surface area contributed by atoms with Crippen LogP contribution in [0.2, 0.25) is 5.02 Å². The molecule has 8 heteroatoms. The molecule has 0 amide bonds. The Labute approximate surface area is 186 Å². The van der Waals surface area contributed by atoms with Crippen LogP contribution in [0.4, 0.5) is 0 Å². The molecule has 1 aliphatic heterocycles. The number of halogens is 1. The summed E-state index contributed by atoms with van der Waals surface area (Å²) in [7, 11) is 0. The van der Waals surface area contributed by atoms with Crippen molar-refractivity contribution in [1.82, 2.24) is 30.0 Å². The minimum absolute atomic E-state index is 0.0305. The molecule has 0 radical (unpaired) electrons. The molecule has 0 bridgehead atoms. The van der Waals surface area contributed by atoms with E-state index in [2.05, 4.69) is 55.0 Å². The van der Waals surface area contributed by atoms with Gasteiger partial charge in [-0.15, -0.1) is 16.4 Å². The van der Waals surface area contributed by atoms with Gasteiger partial charge >= 0.3 is 0 Å². The summed E-state index contributed by atoms with van der Waals surface area (Å²) in [6, 6.07) is 13.2. The van der Waals surface area contributed by atoms with Crippen molar-refractivity contribution in [1.29, 1.82) is 0 Å². The number of tetrazole rings is 1. The second-order valence-corrected chi connectivity index (χ2v) is 9.71. The van der Waals surface area contributed by atoms with E-state index < -0.39 is 0 Å². The number of nitrogens with zero attached hydrogens (tertiary/aromatic N) is 6. The minimum atomic E-state index is 0.0305. The zero-order chi connectivity index (χ0) is 20.3. The van der Waals surface area contributed by atoms with Crippen LogP contribution in [0.1, 0.15) is 48.0 Å². The van der Waals surface area contributed by atoms with Gasteiger partial charge in [0.25, 0.3) is 0 Å². The second kappa shape index (κ2) is 9.14. The van der Waals surface area contributed by atoms with Gasteiger partial charge in [-0.25, -0.2) is 4.68 Å². The highest BCUT2D eigenvalue weighted by molar-refractivity contribution is 7.09. The second-order valence-electron chi connectivity index (χ2n) is 8.24. The smallest absolute Gasteiger partial charge is 0.173 e. The van der Waals surface area contributed by atoms with E-state index in [0.717, 1.165) is 43.1 Å². The van der Waals surface area contributed by atoms with Crippen molar-refractivity contribution in [3.8, 4) is 0 Å². The van der Waals surface area contributed by atoms with Crippen LogP contribution in [-0.2, 0) is 6.54 Å². The molecule has 1 saturated carbocycles. The van der Waals surface area contributed by atoms with E-state index in [9.17, 15) is 0 Å². The van der Waals surface area contributed by atoms with Gasteiger partial charge in [0.15, 0.2) is 5.82 Å². The number of rotatable bonds is 6. The van der Waals surface area contributed by atoms with Crippen LogP contribution in [-0.4, -0.2) is 62.2 Å². The lowest BCUT2D eigenvalue weighted by atomic mass is 10.0. The summed E-state index contributed by atoms with van der Waals surface area (Å²) < 4.78 is 1.95. The fraction of sp³-hybridized carbons (Fsp3) is 0.500. The largest absolute Gasteiger partial charge is 0.298 e. The Hall–Kier alpha value is -1.80. The third-order valence-corrected chi connectivity index (χ3v) is 7.54. The molecule has 3 aromatic rings. The summed E-state index contributed by atoms with van der Waals surface area (Å²) in [6.45, 7) is 4.97. The van der Waals surface area contributed by atoms with Gasteiger partial charge in [0.1, 0.15) is 0 Å². The summed E-state index contributed by atoms with van der Waals surface area (Å²) >= 11 is 7.92. The third-order valence-electron chi connectivity index (χ3n) is 6.43. The molecule has 2 fully saturated rings. The van der Waals surface area contributed by atoms with E-state index in [-0.39, 0.29) is 6.04 Å². The SMILES string of the molecule is Clc1ccc(C(c2nnnn2Cc2cccs2)N2CCN(C3CCCC3)CC2)cc1. The topological polar surface area (TPSA) is 50.1 Å². The van der Waals surface area contributed by atoms with Crippen LogP contribution in [0.15, 0.2) is 41.8 Å². The molecule has 1 unspecified atom stereocenters. The van der Waals surface area contributed by atoms with Crippen molar-refractivity contribution < 1.29 is 0 Å². The van der Waals surface area contributed by atoms with Gasteiger partial charge in [-0.1, -0.05) is 42.6 Å². The number of hydrogen-bond acceptors (Lipinski definition) is 6. The Balaban J connectivity index is 1.41. The normalized spacial score (nSPS) is 20.0. The molecule has 1 atom stereocenters. The van der Waals surface area contributed by atoms with Crippen molar-refractivity contribution in [3.63, 3.8) is 0 Å². The fourth-order valence-electron chi connectivity index (χ4n) is 4.87. The van der Waals surface area contributed by atoms with E-state index in [1.165, 1.54) is 36.1 Å². The molecule has 2 aromatic heterocycles. The maximum absolute atomic E-state index is 6.18. The van der Waals surface area contributed by atoms with Gasteiger partial charge in [0, 0.05) is 42.1 Å². The molecular formula is C22H27ClN6S. The monoisotopic (exact) mass is 442 g/mol. The van der Waals surface area contributed by atoms with Crippen LogP contribution in [0.5, 0.6) is 0 Å². The highest BCUT2D eigenvalue weighted by Crippen LogP contribution is 2.31. The number of aromatic nitrogens is 4. The quantitative estimate of drug-likeness (QED) is 0.575. The maximum Gasteiger partial charge on any atom is 0.173 e. The highest BCUT2D eigenvalue weighted by Gasteiger charge is 2.33. The summed E-state index contributed by atoms with van der Waals surface area (Å²) in [5, 5.41) is 15.7. The lowest BCUT2D eigenvalue weighted by molar-refractivity contribution is 0.0771. The Bertz CT molecular complexity index is 927. The predicted molar refractivity (Wildman–Crippen MR) is 120 cm³/mol. The van der Waals surface area contributed by atoms with Crippen LogP contribution in [0.3, 0.4) is 0 Å². The lowest BCUT2D eigenvalue weighted by Gasteiger charge is -2.41. The van der Waals surface area contributed by atoms with Crippen molar-refractivity contribution in [2.75, 3.05) is 26.2 Å². The Kier molecular flexibility index (Phi) is 6.13. The van der Waals surface area contributed by atoms with E-state index in [4.69, 9.17) is 11.6 Å². The molecule has 6 nitrogen and oxygen atoms in total. The molecule has 2 aliphatic rings. The Morgan fingerprint density at radius 2 is 1.80 bits per heavy atom. The van der Waals surface area contributed by atoms with Crippen LogP contribution in [0, 0.1) is 0 Å². The molecule has 30 heavy (non-hydrogen) atoms. The molecule has 1 aromatic carbocycles. The van der Waals surface area contributed by atoms with Gasteiger partial charge in [0.05, 0.1) is 12.6 Å². The van der Waals surface area contributed by atoms with E-state index in [1.54, 1.807) is 11.3 Å². The first-order valence-corrected chi connectivity index (χ1v) is 12.1. The predicted octanol–water partition coefficient (Wildman–Crippen LogP) is 4.09. The lowest BCUT2D eigenvalue weighted by Crippen LogP contribution is -2.51. The van der Waals surface area contributed by atoms with Crippen molar-refractivity contribution in [3.05, 3.63) is 63.1 Å². The van der Waals surface area contributed by atoms with Crippen molar-refractivity contribution in [2.24, 2.45) is 0 Å². The van der Waals surface area contributed by atoms with Crippen molar-refractivity contribution in [2.45, 2.75) is 44.3 Å². The molecular weight excluding hydrogens is 416 g/mol. The van der Waals surface area contributed by atoms with Gasteiger partial charge in [-0.3, -0.25) is 9.80 Å². The van der Waals surface area contributed by atoms with E-state index in [0.29, 0.717) is 6.54 Å². The van der Waals surface area contributed by atoms with Gasteiger partial charge in [-0.2, -0.15) is 0 Å². The first-order valence-electron chi connectivity index (χ1n) is 10.8. The van der Waals surface area contributed by atoms with Crippen LogP contribution < -0.4 is 0 Å². The van der Waals surface area contributed by atoms with Crippen LogP contribution >= 0.6 is 22.9 Å². The summed E-state index contributed by atoms with van der Waals surface area (Å²) in [6.07, 6.45) is 5.49. The van der Waals surface area contributed by atoms with E-state index in [1.807, 2.05) is 16.8 Å². The molecule has 0 N–H and O–H groups in total. The average molecular weight is 443 g/mol. The maximum atomic E-state index is 6.18. The Morgan fingerprint density at radius 3 is 2.50 bits per heavy atom. The molecule has 1 saturated heterocycles. The molecule has 158 valence electrons. The first kappa shape index (κ1) is 20.1. The van der Waals surface area contributed by atoms with Crippen molar-refractivity contribution >= 4 is 22.9 Å². The zero-order valence-corrected chi connectivity index (χ0v) is 18.6. The van der Waals surface area contributed by atoms with Gasteiger partial charge < -0.3 is 0 Å². The molecule has 3 heterocycles. The summed E-state index contributed by atoms with van der Waals surface area (Å²) in [5.74, 6) is 0.903. The summed E-state index contributed by atoms with van der Waals surface area (Å²) in [4.78, 5) is 6.48. The number of benzene rings is 1. The first-order chi connectivity index (χ1) is 14.8. The fourth-order valence-corrected chi connectivity index (χ4v) is 5.68. The molecule has 0 spiro atoms.